The Morgan fingerprint density at radius 1 is 1.00 bits per heavy atom. The average Bonchev–Trinajstić information content (AvgIpc) is 2.03. The maximum atomic E-state index is 3.59. The van der Waals surface area contributed by atoms with Gasteiger partial charge in [-0.25, -0.2) is 0 Å². The molecule has 0 spiro atoms. The van der Waals surface area contributed by atoms with Crippen LogP contribution in [0.4, 0.5) is 0 Å². The third kappa shape index (κ3) is 8.98. The van der Waals surface area contributed by atoms with Gasteiger partial charge in [0, 0.05) is 19.6 Å². The van der Waals surface area contributed by atoms with Crippen molar-refractivity contribution in [3.05, 3.63) is 37.6 Å². The molecule has 2 N–H and O–H groups in total. The molecule has 0 fully saturated rings. The largest absolute Gasteiger partial charge is 0.388 e. The fourth-order valence-electron chi connectivity index (χ4n) is 0.562. The monoisotopic (exact) mass is 152 g/mol. The van der Waals surface area contributed by atoms with Gasteiger partial charge in [0.15, 0.2) is 0 Å². The molecule has 0 aliphatic heterocycles. The molecule has 0 aromatic carbocycles. The van der Waals surface area contributed by atoms with E-state index in [1.807, 2.05) is 24.4 Å². The Morgan fingerprint density at radius 2 is 1.73 bits per heavy atom. The lowest BCUT2D eigenvalue weighted by atomic mass is 10.5. The van der Waals surface area contributed by atoms with Crippen molar-refractivity contribution in [3.63, 3.8) is 0 Å². The minimum Gasteiger partial charge on any atom is -0.388 e. The molecule has 0 unspecified atom stereocenters. The summed E-state index contributed by atoms with van der Waals surface area (Å²) in [6.45, 7) is 9.72. The predicted molar refractivity (Wildman–Crippen MR) is 50.4 cm³/mol. The molecule has 0 aliphatic carbocycles. The number of hydrogen-bond donors (Lipinski definition) is 2. The van der Waals surface area contributed by atoms with E-state index >= 15 is 0 Å². The molecular weight excluding hydrogens is 136 g/mol. The first-order valence-electron chi connectivity index (χ1n) is 3.72. The van der Waals surface area contributed by atoms with E-state index < -0.39 is 0 Å². The standard InChI is InChI=1S/C9H16N2/c1-3-6-10-8-5-9-11-7-4-2/h3-5,8,10-11H,1-2,6-7,9H2/b8-5-. The molecule has 0 aliphatic rings. The lowest BCUT2D eigenvalue weighted by Gasteiger charge is -1.95. The molecule has 0 saturated carbocycles. The van der Waals surface area contributed by atoms with Crippen LogP contribution in [0.5, 0.6) is 0 Å². The van der Waals surface area contributed by atoms with E-state index in [1.54, 1.807) is 0 Å². The van der Waals surface area contributed by atoms with Crippen LogP contribution in [0, 0.1) is 0 Å². The van der Waals surface area contributed by atoms with Crippen LogP contribution in [0.3, 0.4) is 0 Å². The van der Waals surface area contributed by atoms with Crippen molar-refractivity contribution >= 4 is 0 Å². The fraction of sp³-hybridized carbons (Fsp3) is 0.333. The summed E-state index contributed by atoms with van der Waals surface area (Å²) in [5, 5.41) is 6.19. The molecule has 0 radical (unpaired) electrons. The molecule has 0 saturated heterocycles. The summed E-state index contributed by atoms with van der Waals surface area (Å²) in [6, 6.07) is 0. The van der Waals surface area contributed by atoms with Crippen LogP contribution in [0.1, 0.15) is 0 Å². The Balaban J connectivity index is 3.02. The van der Waals surface area contributed by atoms with Crippen molar-refractivity contribution < 1.29 is 0 Å². The van der Waals surface area contributed by atoms with Crippen molar-refractivity contribution in [2.24, 2.45) is 0 Å². The summed E-state index contributed by atoms with van der Waals surface area (Å²) in [4.78, 5) is 0. The van der Waals surface area contributed by atoms with Crippen LogP contribution in [0.15, 0.2) is 37.6 Å². The predicted octanol–water partition coefficient (Wildman–Crippen LogP) is 1.05. The maximum Gasteiger partial charge on any atom is 0.0322 e. The summed E-state index contributed by atoms with van der Waals surface area (Å²) in [5.41, 5.74) is 0. The third-order valence-corrected chi connectivity index (χ3v) is 1.05. The van der Waals surface area contributed by atoms with Crippen LogP contribution in [0.2, 0.25) is 0 Å². The van der Waals surface area contributed by atoms with Crippen molar-refractivity contribution in [2.75, 3.05) is 19.6 Å². The van der Waals surface area contributed by atoms with Crippen LogP contribution in [-0.4, -0.2) is 19.6 Å². The molecule has 0 aromatic heterocycles. The molecule has 0 atom stereocenters. The quantitative estimate of drug-likeness (QED) is 0.421. The van der Waals surface area contributed by atoms with E-state index in [2.05, 4.69) is 23.8 Å². The van der Waals surface area contributed by atoms with Gasteiger partial charge in [-0.3, -0.25) is 0 Å². The first kappa shape index (κ1) is 9.98. The lowest BCUT2D eigenvalue weighted by molar-refractivity contribution is 0.836. The summed E-state index contributed by atoms with van der Waals surface area (Å²) in [5.74, 6) is 0. The number of hydrogen-bond acceptors (Lipinski definition) is 2. The van der Waals surface area contributed by atoms with Crippen LogP contribution in [0.25, 0.3) is 0 Å². The van der Waals surface area contributed by atoms with E-state index in [0.29, 0.717) is 0 Å². The second-order valence-electron chi connectivity index (χ2n) is 2.05. The van der Waals surface area contributed by atoms with E-state index in [1.165, 1.54) is 0 Å². The second kappa shape index (κ2) is 8.98. The van der Waals surface area contributed by atoms with Gasteiger partial charge in [0.2, 0.25) is 0 Å². The Bertz CT molecular complexity index is 128. The highest BCUT2D eigenvalue weighted by Crippen LogP contribution is 1.67. The van der Waals surface area contributed by atoms with Gasteiger partial charge in [0.25, 0.3) is 0 Å². The van der Waals surface area contributed by atoms with Crippen molar-refractivity contribution in [1.82, 2.24) is 10.6 Å². The molecule has 11 heavy (non-hydrogen) atoms. The van der Waals surface area contributed by atoms with Crippen LogP contribution in [-0.2, 0) is 0 Å². The number of rotatable bonds is 7. The van der Waals surface area contributed by atoms with Gasteiger partial charge in [0.1, 0.15) is 0 Å². The highest BCUT2D eigenvalue weighted by Gasteiger charge is 1.74. The van der Waals surface area contributed by atoms with E-state index in [0.717, 1.165) is 19.6 Å². The third-order valence-electron chi connectivity index (χ3n) is 1.05. The van der Waals surface area contributed by atoms with Crippen LogP contribution >= 0.6 is 0 Å². The smallest absolute Gasteiger partial charge is 0.0322 e. The van der Waals surface area contributed by atoms with Crippen LogP contribution < -0.4 is 10.6 Å². The molecule has 62 valence electrons. The Kier molecular flexibility index (Phi) is 8.15. The summed E-state index contributed by atoms with van der Waals surface area (Å²) < 4.78 is 0. The summed E-state index contributed by atoms with van der Waals surface area (Å²) in [7, 11) is 0. The average molecular weight is 152 g/mol. The van der Waals surface area contributed by atoms with Gasteiger partial charge in [-0.2, -0.15) is 0 Å². The highest BCUT2D eigenvalue weighted by atomic mass is 14.9. The molecule has 2 nitrogen and oxygen atoms in total. The summed E-state index contributed by atoms with van der Waals surface area (Å²) >= 11 is 0. The van der Waals surface area contributed by atoms with Gasteiger partial charge in [-0.15, -0.1) is 13.2 Å². The lowest BCUT2D eigenvalue weighted by Crippen LogP contribution is -2.13. The molecule has 0 amide bonds. The zero-order chi connectivity index (χ0) is 8.36. The zero-order valence-corrected chi connectivity index (χ0v) is 6.84. The van der Waals surface area contributed by atoms with Crippen molar-refractivity contribution in [3.8, 4) is 0 Å². The SMILES string of the molecule is C=CCN/C=C\CNCC=C. The molecule has 0 rings (SSSR count). The highest BCUT2D eigenvalue weighted by molar-refractivity contribution is 4.85. The van der Waals surface area contributed by atoms with Gasteiger partial charge in [-0.1, -0.05) is 18.2 Å². The van der Waals surface area contributed by atoms with Gasteiger partial charge < -0.3 is 10.6 Å². The molecule has 0 bridgehead atoms. The molecule has 0 heterocycles. The maximum absolute atomic E-state index is 3.59. The summed E-state index contributed by atoms with van der Waals surface area (Å²) in [6.07, 6.45) is 7.59. The topological polar surface area (TPSA) is 24.1 Å². The minimum absolute atomic E-state index is 0.817. The second-order valence-corrected chi connectivity index (χ2v) is 2.05. The number of nitrogens with one attached hydrogen (secondary N) is 2. The molecule has 2 heteroatoms. The van der Waals surface area contributed by atoms with E-state index in [4.69, 9.17) is 0 Å². The van der Waals surface area contributed by atoms with Gasteiger partial charge in [-0.05, 0) is 6.20 Å². The van der Waals surface area contributed by atoms with E-state index in [-0.39, 0.29) is 0 Å². The van der Waals surface area contributed by atoms with Gasteiger partial charge in [0.05, 0.1) is 0 Å². The first-order chi connectivity index (χ1) is 5.41. The zero-order valence-electron chi connectivity index (χ0n) is 6.84. The van der Waals surface area contributed by atoms with Crippen molar-refractivity contribution in [2.45, 2.75) is 0 Å². The Labute approximate surface area is 68.7 Å². The molecule has 0 aromatic rings. The van der Waals surface area contributed by atoms with Gasteiger partial charge >= 0.3 is 0 Å². The van der Waals surface area contributed by atoms with E-state index in [9.17, 15) is 0 Å². The van der Waals surface area contributed by atoms with Crippen molar-refractivity contribution in [1.29, 1.82) is 0 Å². The Morgan fingerprint density at radius 3 is 2.36 bits per heavy atom. The molecular formula is C9H16N2. The first-order valence-corrected chi connectivity index (χ1v) is 3.72. The fourth-order valence-corrected chi connectivity index (χ4v) is 0.562. The normalized spacial score (nSPS) is 9.82. The Hall–Kier alpha value is -1.02. The minimum atomic E-state index is 0.817.